The second-order valence-corrected chi connectivity index (χ2v) is 4.11. The number of carbonyl (C=O) groups is 1. The molecule has 0 aliphatic rings. The number of amides is 1. The van der Waals surface area contributed by atoms with E-state index < -0.39 is 12.0 Å². The van der Waals surface area contributed by atoms with Gasteiger partial charge in [-0.05, 0) is 25.0 Å². The third-order valence-corrected chi connectivity index (χ3v) is 2.58. The summed E-state index contributed by atoms with van der Waals surface area (Å²) in [5.74, 6) is 4.34. The third kappa shape index (κ3) is 4.27. The Balaban J connectivity index is 2.66. The second kappa shape index (κ2) is 6.51. The van der Waals surface area contributed by atoms with E-state index >= 15 is 0 Å². The lowest BCUT2D eigenvalue weighted by Crippen LogP contribution is -2.27. The fourth-order valence-electron chi connectivity index (χ4n) is 1.23. The summed E-state index contributed by atoms with van der Waals surface area (Å²) in [6.07, 6.45) is -0.887. The van der Waals surface area contributed by atoms with Gasteiger partial charge in [0.2, 0.25) is 0 Å². The van der Waals surface area contributed by atoms with Crippen LogP contribution in [0.4, 0.5) is 0 Å². The van der Waals surface area contributed by atoms with Gasteiger partial charge in [-0.1, -0.05) is 35.2 Å². The lowest BCUT2D eigenvalue weighted by molar-refractivity contribution is -0.116. The molecule has 1 unspecified atom stereocenters. The summed E-state index contributed by atoms with van der Waals surface area (Å²) in [5.41, 5.74) is 0.515. The zero-order valence-electron chi connectivity index (χ0n) is 9.13. The van der Waals surface area contributed by atoms with Crippen LogP contribution in [0.3, 0.4) is 0 Å². The van der Waals surface area contributed by atoms with E-state index in [1.54, 1.807) is 19.1 Å². The van der Waals surface area contributed by atoms with Crippen LogP contribution >= 0.6 is 23.2 Å². The van der Waals surface area contributed by atoms with Crippen molar-refractivity contribution in [1.29, 1.82) is 0 Å². The van der Waals surface area contributed by atoms with Gasteiger partial charge in [-0.2, -0.15) is 0 Å². The molecule has 0 bridgehead atoms. The SMILES string of the molecule is CC#CC(=O)NCC(O)c1ccc(Cl)cc1Cl. The van der Waals surface area contributed by atoms with Gasteiger partial charge in [0.05, 0.1) is 6.10 Å². The fraction of sp³-hybridized carbons (Fsp3) is 0.250. The summed E-state index contributed by atoms with van der Waals surface area (Å²) in [7, 11) is 0. The summed E-state index contributed by atoms with van der Waals surface area (Å²) >= 11 is 11.7. The number of carbonyl (C=O) groups excluding carboxylic acids is 1. The van der Waals surface area contributed by atoms with Crippen LogP contribution in [-0.4, -0.2) is 17.6 Å². The average molecular weight is 272 g/mol. The van der Waals surface area contributed by atoms with Crippen LogP contribution in [0.1, 0.15) is 18.6 Å². The zero-order chi connectivity index (χ0) is 12.8. The molecule has 90 valence electrons. The van der Waals surface area contributed by atoms with Crippen LogP contribution in [0.25, 0.3) is 0 Å². The predicted octanol–water partition coefficient (Wildman–Crippen LogP) is 2.17. The van der Waals surface area contributed by atoms with Crippen LogP contribution in [0.5, 0.6) is 0 Å². The molecule has 1 aromatic carbocycles. The van der Waals surface area contributed by atoms with Gasteiger partial charge in [-0.15, -0.1) is 0 Å². The predicted molar refractivity (Wildman–Crippen MR) is 67.9 cm³/mol. The number of nitrogens with one attached hydrogen (secondary N) is 1. The Labute approximate surface area is 110 Å². The lowest BCUT2D eigenvalue weighted by atomic mass is 10.1. The molecule has 1 amide bonds. The smallest absolute Gasteiger partial charge is 0.295 e. The topological polar surface area (TPSA) is 49.3 Å². The molecule has 1 atom stereocenters. The van der Waals surface area contributed by atoms with E-state index in [2.05, 4.69) is 17.2 Å². The molecular weight excluding hydrogens is 261 g/mol. The van der Waals surface area contributed by atoms with E-state index in [0.717, 1.165) is 0 Å². The van der Waals surface area contributed by atoms with Crippen molar-refractivity contribution in [3.63, 3.8) is 0 Å². The highest BCUT2D eigenvalue weighted by Gasteiger charge is 2.12. The largest absolute Gasteiger partial charge is 0.387 e. The maximum atomic E-state index is 11.1. The molecule has 1 aromatic rings. The number of halogens is 2. The molecule has 0 radical (unpaired) electrons. The summed E-state index contributed by atoms with van der Waals surface area (Å²) in [5, 5.41) is 13.1. The molecule has 0 spiro atoms. The minimum absolute atomic E-state index is 0.0505. The highest BCUT2D eigenvalue weighted by atomic mass is 35.5. The Morgan fingerprint density at radius 1 is 1.53 bits per heavy atom. The molecule has 5 heteroatoms. The van der Waals surface area contributed by atoms with Crippen molar-refractivity contribution < 1.29 is 9.90 Å². The number of rotatable bonds is 3. The highest BCUT2D eigenvalue weighted by Crippen LogP contribution is 2.25. The standard InChI is InChI=1S/C12H11Cl2NO2/c1-2-3-12(17)15-7-11(16)9-5-4-8(13)6-10(9)14/h4-6,11,16H,7H2,1H3,(H,15,17). The van der Waals surface area contributed by atoms with E-state index in [4.69, 9.17) is 23.2 Å². The van der Waals surface area contributed by atoms with Crippen LogP contribution in [0, 0.1) is 11.8 Å². The van der Waals surface area contributed by atoms with Crippen molar-refractivity contribution in [3.05, 3.63) is 33.8 Å². The lowest BCUT2D eigenvalue weighted by Gasteiger charge is -2.12. The van der Waals surface area contributed by atoms with E-state index in [-0.39, 0.29) is 6.54 Å². The van der Waals surface area contributed by atoms with Crippen LogP contribution in [-0.2, 0) is 4.79 Å². The van der Waals surface area contributed by atoms with Gasteiger partial charge in [0.15, 0.2) is 0 Å². The van der Waals surface area contributed by atoms with Gasteiger partial charge >= 0.3 is 0 Å². The van der Waals surface area contributed by atoms with E-state index in [9.17, 15) is 9.90 Å². The molecular formula is C12H11Cl2NO2. The van der Waals surface area contributed by atoms with Gasteiger partial charge in [0.25, 0.3) is 5.91 Å². The molecule has 2 N–H and O–H groups in total. The van der Waals surface area contributed by atoms with Gasteiger partial charge in [0, 0.05) is 22.2 Å². The summed E-state index contributed by atoms with van der Waals surface area (Å²) < 4.78 is 0. The first-order valence-corrected chi connectivity index (χ1v) is 5.63. The molecule has 0 heterocycles. The Bertz CT molecular complexity index is 477. The Morgan fingerprint density at radius 2 is 2.24 bits per heavy atom. The third-order valence-electron chi connectivity index (χ3n) is 2.02. The molecule has 0 fully saturated rings. The Morgan fingerprint density at radius 3 is 2.82 bits per heavy atom. The summed E-state index contributed by atoms with van der Waals surface area (Å²) in [6, 6.07) is 4.78. The van der Waals surface area contributed by atoms with Gasteiger partial charge < -0.3 is 10.4 Å². The van der Waals surface area contributed by atoms with Crippen molar-refractivity contribution in [2.24, 2.45) is 0 Å². The molecule has 0 aromatic heterocycles. The van der Waals surface area contributed by atoms with Gasteiger partial charge in [-0.25, -0.2) is 0 Å². The number of hydrogen-bond donors (Lipinski definition) is 2. The first kappa shape index (κ1) is 13.9. The Hall–Kier alpha value is -1.21. The normalized spacial score (nSPS) is 11.3. The molecule has 1 rings (SSSR count). The quantitative estimate of drug-likeness (QED) is 0.828. The number of benzene rings is 1. The molecule has 0 saturated carbocycles. The minimum atomic E-state index is -0.887. The van der Waals surface area contributed by atoms with E-state index in [1.807, 2.05) is 0 Å². The van der Waals surface area contributed by atoms with Crippen molar-refractivity contribution >= 4 is 29.1 Å². The summed E-state index contributed by atoms with van der Waals surface area (Å²) in [6.45, 7) is 1.61. The van der Waals surface area contributed by atoms with Gasteiger partial charge in [-0.3, -0.25) is 4.79 Å². The molecule has 17 heavy (non-hydrogen) atoms. The highest BCUT2D eigenvalue weighted by molar-refractivity contribution is 6.35. The fourth-order valence-corrected chi connectivity index (χ4v) is 1.76. The van der Waals surface area contributed by atoms with Crippen LogP contribution in [0.15, 0.2) is 18.2 Å². The molecule has 0 saturated heterocycles. The molecule has 0 aliphatic heterocycles. The Kier molecular flexibility index (Phi) is 5.30. The zero-order valence-corrected chi connectivity index (χ0v) is 10.6. The average Bonchev–Trinajstić information content (AvgIpc) is 2.26. The van der Waals surface area contributed by atoms with Crippen molar-refractivity contribution in [1.82, 2.24) is 5.32 Å². The second-order valence-electron chi connectivity index (χ2n) is 3.27. The monoisotopic (exact) mass is 271 g/mol. The number of aliphatic hydroxyl groups excluding tert-OH is 1. The van der Waals surface area contributed by atoms with E-state index in [0.29, 0.717) is 15.6 Å². The maximum Gasteiger partial charge on any atom is 0.295 e. The molecule has 3 nitrogen and oxygen atoms in total. The minimum Gasteiger partial charge on any atom is -0.387 e. The van der Waals surface area contributed by atoms with Crippen molar-refractivity contribution in [2.75, 3.05) is 6.54 Å². The molecule has 0 aliphatic carbocycles. The first-order valence-electron chi connectivity index (χ1n) is 4.88. The number of aliphatic hydroxyl groups is 1. The van der Waals surface area contributed by atoms with Gasteiger partial charge in [0.1, 0.15) is 0 Å². The van der Waals surface area contributed by atoms with Crippen molar-refractivity contribution in [3.8, 4) is 11.8 Å². The van der Waals surface area contributed by atoms with E-state index in [1.165, 1.54) is 6.07 Å². The van der Waals surface area contributed by atoms with Crippen LogP contribution in [0.2, 0.25) is 10.0 Å². The van der Waals surface area contributed by atoms with Crippen molar-refractivity contribution in [2.45, 2.75) is 13.0 Å². The first-order chi connectivity index (χ1) is 8.04. The maximum absolute atomic E-state index is 11.1. The number of hydrogen-bond acceptors (Lipinski definition) is 2. The summed E-state index contributed by atoms with van der Waals surface area (Å²) in [4.78, 5) is 11.1. The van der Waals surface area contributed by atoms with Crippen LogP contribution < -0.4 is 5.32 Å².